The van der Waals surface area contributed by atoms with Gasteiger partial charge in [0.15, 0.2) is 0 Å². The molecule has 0 aliphatic carbocycles. The first-order valence-electron chi connectivity index (χ1n) is 3.67. The molecule has 0 saturated heterocycles. The lowest BCUT2D eigenvalue weighted by atomic mass is 10.6. The normalized spacial score (nSPS) is 15.2. The van der Waals surface area contributed by atoms with Crippen LogP contribution in [0.2, 0.25) is 0 Å². The fraction of sp³-hybridized carbons (Fsp3) is 0.857. The van der Waals surface area contributed by atoms with Crippen LogP contribution in [0.4, 0.5) is 0 Å². The van der Waals surface area contributed by atoms with Gasteiger partial charge in [-0.15, -0.1) is 0 Å². The van der Waals surface area contributed by atoms with Crippen molar-refractivity contribution < 1.29 is 0 Å². The fourth-order valence-electron chi connectivity index (χ4n) is 0.657. The minimum Gasteiger partial charge on any atom is -0.361 e. The zero-order valence-corrected chi connectivity index (χ0v) is 6.59. The standard InChI is InChI=1S/C5H10N2.C2H6/c1-2-7-4-3-6-5-7;1-2/h5H,2-4H2,1H3;1-2H3. The molecule has 0 saturated carbocycles. The highest BCUT2D eigenvalue weighted by Crippen LogP contribution is 1.89. The van der Waals surface area contributed by atoms with Gasteiger partial charge in [-0.25, -0.2) is 0 Å². The summed E-state index contributed by atoms with van der Waals surface area (Å²) in [6.07, 6.45) is 1.92. The van der Waals surface area contributed by atoms with Gasteiger partial charge in [0, 0.05) is 13.1 Å². The Kier molecular flexibility index (Phi) is 5.27. The lowest BCUT2D eigenvalue weighted by molar-refractivity contribution is 0.494. The molecule has 0 spiro atoms. The molecular weight excluding hydrogens is 112 g/mol. The molecule has 2 heteroatoms. The van der Waals surface area contributed by atoms with E-state index in [1.54, 1.807) is 0 Å². The molecule has 0 N–H and O–H groups in total. The Bertz CT molecular complexity index is 79.0. The summed E-state index contributed by atoms with van der Waals surface area (Å²) in [5.74, 6) is 0. The molecular formula is C7H16N2. The smallest absolute Gasteiger partial charge is 0.0851 e. The summed E-state index contributed by atoms with van der Waals surface area (Å²) in [7, 11) is 0. The molecule has 0 aromatic heterocycles. The van der Waals surface area contributed by atoms with Gasteiger partial charge in [0.1, 0.15) is 0 Å². The average molecular weight is 128 g/mol. The number of aliphatic imine (C=N–C) groups is 1. The van der Waals surface area contributed by atoms with E-state index < -0.39 is 0 Å². The van der Waals surface area contributed by atoms with Crippen LogP contribution >= 0.6 is 0 Å². The van der Waals surface area contributed by atoms with Gasteiger partial charge in [-0.2, -0.15) is 0 Å². The molecule has 9 heavy (non-hydrogen) atoms. The van der Waals surface area contributed by atoms with Crippen molar-refractivity contribution >= 4 is 6.34 Å². The molecule has 0 atom stereocenters. The zero-order chi connectivity index (χ0) is 7.11. The molecule has 0 bridgehead atoms. The van der Waals surface area contributed by atoms with Crippen LogP contribution in [0.15, 0.2) is 4.99 Å². The summed E-state index contributed by atoms with van der Waals surface area (Å²) in [5, 5.41) is 0. The van der Waals surface area contributed by atoms with E-state index in [1.165, 1.54) is 0 Å². The summed E-state index contributed by atoms with van der Waals surface area (Å²) in [6.45, 7) is 9.35. The van der Waals surface area contributed by atoms with Crippen LogP contribution in [-0.2, 0) is 0 Å². The van der Waals surface area contributed by atoms with Crippen molar-refractivity contribution in [3.8, 4) is 0 Å². The molecule has 1 rings (SSSR count). The fourth-order valence-corrected chi connectivity index (χ4v) is 0.657. The Labute approximate surface area is 57.6 Å². The lowest BCUT2D eigenvalue weighted by Crippen LogP contribution is -2.18. The monoisotopic (exact) mass is 128 g/mol. The molecule has 2 nitrogen and oxygen atoms in total. The third-order valence-corrected chi connectivity index (χ3v) is 1.17. The molecule has 54 valence electrons. The minimum atomic E-state index is 0.994. The Morgan fingerprint density at radius 1 is 1.56 bits per heavy atom. The Morgan fingerprint density at radius 2 is 2.22 bits per heavy atom. The van der Waals surface area contributed by atoms with Gasteiger partial charge in [-0.3, -0.25) is 4.99 Å². The van der Waals surface area contributed by atoms with Gasteiger partial charge in [-0.05, 0) is 6.92 Å². The van der Waals surface area contributed by atoms with Crippen LogP contribution in [-0.4, -0.2) is 30.9 Å². The molecule has 1 aliphatic heterocycles. The van der Waals surface area contributed by atoms with Crippen LogP contribution < -0.4 is 0 Å². The quantitative estimate of drug-likeness (QED) is 0.521. The molecule has 1 heterocycles. The predicted molar refractivity (Wildman–Crippen MR) is 42.0 cm³/mol. The van der Waals surface area contributed by atoms with Gasteiger partial charge in [0.05, 0.1) is 12.9 Å². The van der Waals surface area contributed by atoms with Crippen LogP contribution in [0.3, 0.4) is 0 Å². The minimum absolute atomic E-state index is 0.994. The highest BCUT2D eigenvalue weighted by Gasteiger charge is 1.98. The summed E-state index contributed by atoms with van der Waals surface area (Å²) in [4.78, 5) is 6.23. The Balaban J connectivity index is 0.000000291. The molecule has 0 aromatic carbocycles. The van der Waals surface area contributed by atoms with Crippen molar-refractivity contribution in [1.82, 2.24) is 4.90 Å². The summed E-state index contributed by atoms with van der Waals surface area (Å²) in [5.41, 5.74) is 0. The second kappa shape index (κ2) is 5.60. The van der Waals surface area contributed by atoms with E-state index in [9.17, 15) is 0 Å². The molecule has 0 fully saturated rings. The molecule has 1 aliphatic rings. The van der Waals surface area contributed by atoms with E-state index in [2.05, 4.69) is 16.8 Å². The lowest BCUT2D eigenvalue weighted by Gasteiger charge is -2.07. The number of likely N-dealkylation sites (N-methyl/N-ethyl adjacent to an activating group) is 1. The van der Waals surface area contributed by atoms with Crippen LogP contribution in [0.25, 0.3) is 0 Å². The molecule has 0 amide bonds. The summed E-state index contributed by atoms with van der Waals surface area (Å²) in [6, 6.07) is 0. The van der Waals surface area contributed by atoms with E-state index >= 15 is 0 Å². The number of rotatable bonds is 1. The highest BCUT2D eigenvalue weighted by atomic mass is 15.2. The van der Waals surface area contributed by atoms with Gasteiger partial charge in [-0.1, -0.05) is 13.8 Å². The van der Waals surface area contributed by atoms with E-state index in [0.717, 1.165) is 19.6 Å². The zero-order valence-electron chi connectivity index (χ0n) is 6.59. The first-order chi connectivity index (χ1) is 4.43. The van der Waals surface area contributed by atoms with E-state index in [1.807, 2.05) is 20.2 Å². The van der Waals surface area contributed by atoms with E-state index in [4.69, 9.17) is 0 Å². The van der Waals surface area contributed by atoms with Crippen LogP contribution in [0.5, 0.6) is 0 Å². The molecule has 0 unspecified atom stereocenters. The van der Waals surface area contributed by atoms with Crippen molar-refractivity contribution in [2.45, 2.75) is 20.8 Å². The molecule has 0 radical (unpaired) electrons. The predicted octanol–water partition coefficient (Wildman–Crippen LogP) is 1.38. The van der Waals surface area contributed by atoms with E-state index in [0.29, 0.717) is 0 Å². The van der Waals surface area contributed by atoms with Gasteiger partial charge < -0.3 is 4.90 Å². The van der Waals surface area contributed by atoms with Crippen molar-refractivity contribution in [1.29, 1.82) is 0 Å². The van der Waals surface area contributed by atoms with Crippen LogP contribution in [0, 0.1) is 0 Å². The highest BCUT2D eigenvalue weighted by molar-refractivity contribution is 5.56. The van der Waals surface area contributed by atoms with Gasteiger partial charge in [0.2, 0.25) is 0 Å². The maximum absolute atomic E-state index is 4.04. The van der Waals surface area contributed by atoms with Crippen molar-refractivity contribution in [3.63, 3.8) is 0 Å². The third-order valence-electron chi connectivity index (χ3n) is 1.17. The number of nitrogens with zero attached hydrogens (tertiary/aromatic N) is 2. The van der Waals surface area contributed by atoms with Crippen molar-refractivity contribution in [2.75, 3.05) is 19.6 Å². The van der Waals surface area contributed by atoms with Crippen molar-refractivity contribution in [3.05, 3.63) is 0 Å². The van der Waals surface area contributed by atoms with Gasteiger partial charge >= 0.3 is 0 Å². The second-order valence-corrected chi connectivity index (χ2v) is 1.65. The third kappa shape index (κ3) is 3.12. The topological polar surface area (TPSA) is 15.6 Å². The van der Waals surface area contributed by atoms with E-state index in [-0.39, 0.29) is 0 Å². The Hall–Kier alpha value is -0.530. The van der Waals surface area contributed by atoms with Crippen molar-refractivity contribution in [2.24, 2.45) is 4.99 Å². The average Bonchev–Trinajstić information content (AvgIpc) is 2.43. The number of hydrogen-bond acceptors (Lipinski definition) is 2. The maximum atomic E-state index is 4.04. The van der Waals surface area contributed by atoms with Crippen LogP contribution in [0.1, 0.15) is 20.8 Å². The van der Waals surface area contributed by atoms with Gasteiger partial charge in [0.25, 0.3) is 0 Å². The maximum Gasteiger partial charge on any atom is 0.0851 e. The largest absolute Gasteiger partial charge is 0.361 e. The first-order valence-corrected chi connectivity index (χ1v) is 3.67. The summed E-state index contributed by atoms with van der Waals surface area (Å²) < 4.78 is 0. The Morgan fingerprint density at radius 3 is 2.44 bits per heavy atom. The first kappa shape index (κ1) is 8.47. The summed E-state index contributed by atoms with van der Waals surface area (Å²) >= 11 is 0. The molecule has 0 aromatic rings. The second-order valence-electron chi connectivity index (χ2n) is 1.65. The SMILES string of the molecule is CC.CCN1C=NCC1. The number of hydrogen-bond donors (Lipinski definition) is 0.